The van der Waals surface area contributed by atoms with Gasteiger partial charge in [-0.2, -0.15) is 17.7 Å². The Labute approximate surface area is 153 Å². The van der Waals surface area contributed by atoms with Crippen molar-refractivity contribution in [3.63, 3.8) is 0 Å². The minimum atomic E-state index is -4.40. The zero-order valence-corrected chi connectivity index (χ0v) is 15.1. The van der Waals surface area contributed by atoms with Crippen LogP contribution in [0, 0.1) is 0 Å². The molecule has 3 rings (SSSR count). The third-order valence-electron chi connectivity index (χ3n) is 3.59. The summed E-state index contributed by atoms with van der Waals surface area (Å²) in [5, 5.41) is 15.9. The van der Waals surface area contributed by atoms with Crippen LogP contribution >= 0.6 is 0 Å². The maximum absolute atomic E-state index is 12.2. The number of aromatic nitrogens is 5. The Kier molecular flexibility index (Phi) is 4.90. The molecule has 1 N–H and O–H groups in total. The second-order valence-electron chi connectivity index (χ2n) is 7.02. The van der Waals surface area contributed by atoms with Crippen molar-refractivity contribution in [2.75, 3.05) is 11.9 Å². The molecule has 0 atom stereocenters. The molecular formula is C17H19F3N6O. The fourth-order valence-electron chi connectivity index (χ4n) is 2.34. The smallest absolute Gasteiger partial charge is 0.422 e. The Balaban J connectivity index is 1.71. The molecule has 10 heteroatoms. The van der Waals surface area contributed by atoms with Gasteiger partial charge in [0.25, 0.3) is 0 Å². The lowest BCUT2D eigenvalue weighted by atomic mass is 9.96. The van der Waals surface area contributed by atoms with E-state index in [-0.39, 0.29) is 11.3 Å². The third-order valence-corrected chi connectivity index (χ3v) is 3.59. The molecule has 3 aromatic rings. The predicted octanol–water partition coefficient (Wildman–Crippen LogP) is 3.37. The average molecular weight is 380 g/mol. The Hall–Kier alpha value is -2.91. The van der Waals surface area contributed by atoms with E-state index in [9.17, 15) is 13.2 Å². The molecule has 0 bridgehead atoms. The number of alkyl halides is 3. The van der Waals surface area contributed by atoms with E-state index in [1.54, 1.807) is 22.7 Å². The number of pyridine rings is 1. The van der Waals surface area contributed by atoms with Gasteiger partial charge in [-0.3, -0.25) is 0 Å². The van der Waals surface area contributed by atoms with Crippen LogP contribution in [0.3, 0.4) is 0 Å². The van der Waals surface area contributed by atoms with E-state index in [2.05, 4.69) is 30.3 Å². The Morgan fingerprint density at radius 2 is 1.89 bits per heavy atom. The number of ether oxygens (including phenoxy) is 1. The molecule has 3 aromatic heterocycles. The van der Waals surface area contributed by atoms with Crippen LogP contribution in [0.4, 0.5) is 19.0 Å². The van der Waals surface area contributed by atoms with Gasteiger partial charge in [-0.1, -0.05) is 20.8 Å². The van der Waals surface area contributed by atoms with Crippen molar-refractivity contribution in [1.82, 2.24) is 24.8 Å². The summed E-state index contributed by atoms with van der Waals surface area (Å²) < 4.78 is 43.1. The molecule has 0 saturated heterocycles. The largest absolute Gasteiger partial charge is 0.468 e. The SMILES string of the molecule is CC(C)(C)c1nnc2ccc(NCc3ccnc(OCC(F)(F)F)c3)nn12. The van der Waals surface area contributed by atoms with Crippen LogP contribution in [-0.4, -0.2) is 37.6 Å². The first-order valence-corrected chi connectivity index (χ1v) is 8.23. The highest BCUT2D eigenvalue weighted by Gasteiger charge is 2.28. The molecule has 7 nitrogen and oxygen atoms in total. The first kappa shape index (κ1) is 18.9. The summed E-state index contributed by atoms with van der Waals surface area (Å²) in [5.41, 5.74) is 1.13. The molecule has 0 aromatic carbocycles. The van der Waals surface area contributed by atoms with Crippen LogP contribution in [0.1, 0.15) is 32.2 Å². The van der Waals surface area contributed by atoms with Gasteiger partial charge < -0.3 is 10.1 Å². The number of nitrogens with zero attached hydrogens (tertiary/aromatic N) is 5. The van der Waals surface area contributed by atoms with E-state index in [1.807, 2.05) is 20.8 Å². The van der Waals surface area contributed by atoms with Crippen molar-refractivity contribution in [1.29, 1.82) is 0 Å². The molecule has 0 aliphatic carbocycles. The maximum Gasteiger partial charge on any atom is 0.422 e. The molecule has 0 saturated carbocycles. The number of anilines is 1. The van der Waals surface area contributed by atoms with Gasteiger partial charge in [-0.25, -0.2) is 4.98 Å². The first-order chi connectivity index (χ1) is 12.6. The molecule has 0 aliphatic heterocycles. The molecule has 144 valence electrons. The van der Waals surface area contributed by atoms with Crippen molar-refractivity contribution in [3.8, 4) is 5.88 Å². The van der Waals surface area contributed by atoms with Crippen LogP contribution in [-0.2, 0) is 12.0 Å². The van der Waals surface area contributed by atoms with Crippen LogP contribution in [0.5, 0.6) is 5.88 Å². The van der Waals surface area contributed by atoms with E-state index >= 15 is 0 Å². The van der Waals surface area contributed by atoms with Crippen molar-refractivity contribution in [2.45, 2.75) is 38.9 Å². The standard InChI is InChI=1S/C17H19F3N6O/c1-16(2,3)15-24-23-13-5-4-12(25-26(13)15)22-9-11-6-7-21-14(8-11)27-10-17(18,19)20/h4-8H,9-10H2,1-3H3,(H,22,25). The first-order valence-electron chi connectivity index (χ1n) is 8.23. The molecular weight excluding hydrogens is 361 g/mol. The summed E-state index contributed by atoms with van der Waals surface area (Å²) in [6.07, 6.45) is -3.00. The fourth-order valence-corrected chi connectivity index (χ4v) is 2.34. The topological polar surface area (TPSA) is 77.2 Å². The summed E-state index contributed by atoms with van der Waals surface area (Å²) in [4.78, 5) is 3.78. The third kappa shape index (κ3) is 4.83. The predicted molar refractivity (Wildman–Crippen MR) is 92.6 cm³/mol. The van der Waals surface area contributed by atoms with Crippen molar-refractivity contribution < 1.29 is 17.9 Å². The molecule has 0 fully saturated rings. The Bertz CT molecular complexity index is 932. The monoisotopic (exact) mass is 380 g/mol. The lowest BCUT2D eigenvalue weighted by Gasteiger charge is -2.15. The number of hydrogen-bond acceptors (Lipinski definition) is 6. The number of nitrogens with one attached hydrogen (secondary N) is 1. The quantitative estimate of drug-likeness (QED) is 0.731. The van der Waals surface area contributed by atoms with Crippen molar-refractivity contribution >= 4 is 11.5 Å². The fraction of sp³-hybridized carbons (Fsp3) is 0.412. The molecule has 0 amide bonds. The van der Waals surface area contributed by atoms with Gasteiger partial charge in [0.05, 0.1) is 0 Å². The van der Waals surface area contributed by atoms with Crippen LogP contribution < -0.4 is 10.1 Å². The number of hydrogen-bond donors (Lipinski definition) is 1. The summed E-state index contributed by atoms with van der Waals surface area (Å²) in [7, 11) is 0. The molecule has 0 aliphatic rings. The number of fused-ring (bicyclic) bond motifs is 1. The normalized spacial score (nSPS) is 12.4. The lowest BCUT2D eigenvalue weighted by molar-refractivity contribution is -0.154. The zero-order chi connectivity index (χ0) is 19.7. The van der Waals surface area contributed by atoms with Gasteiger partial charge in [-0.15, -0.1) is 15.3 Å². The van der Waals surface area contributed by atoms with E-state index < -0.39 is 12.8 Å². The van der Waals surface area contributed by atoms with Gasteiger partial charge in [0.1, 0.15) is 5.82 Å². The molecule has 3 heterocycles. The van der Waals surface area contributed by atoms with Crippen LogP contribution in [0.2, 0.25) is 0 Å². The van der Waals surface area contributed by atoms with E-state index in [0.29, 0.717) is 23.6 Å². The highest BCUT2D eigenvalue weighted by atomic mass is 19.4. The van der Waals surface area contributed by atoms with Crippen LogP contribution in [0.15, 0.2) is 30.5 Å². The second kappa shape index (κ2) is 7.01. The number of halogens is 3. The van der Waals surface area contributed by atoms with Crippen molar-refractivity contribution in [2.24, 2.45) is 0 Å². The van der Waals surface area contributed by atoms with Gasteiger partial charge in [0, 0.05) is 24.2 Å². The average Bonchev–Trinajstić information content (AvgIpc) is 3.01. The summed E-state index contributed by atoms with van der Waals surface area (Å²) in [6.45, 7) is 5.02. The highest BCUT2D eigenvalue weighted by molar-refractivity contribution is 5.45. The van der Waals surface area contributed by atoms with Gasteiger partial charge in [-0.05, 0) is 23.8 Å². The molecule has 0 unspecified atom stereocenters. The number of rotatable bonds is 5. The highest BCUT2D eigenvalue weighted by Crippen LogP contribution is 2.21. The summed E-state index contributed by atoms with van der Waals surface area (Å²) in [6, 6.07) is 6.70. The van der Waals surface area contributed by atoms with Gasteiger partial charge in [0.15, 0.2) is 18.1 Å². The Morgan fingerprint density at radius 1 is 1.11 bits per heavy atom. The van der Waals surface area contributed by atoms with Gasteiger partial charge >= 0.3 is 6.18 Å². The minimum Gasteiger partial charge on any atom is -0.468 e. The van der Waals surface area contributed by atoms with E-state index in [0.717, 1.165) is 5.82 Å². The summed E-state index contributed by atoms with van der Waals surface area (Å²) >= 11 is 0. The molecule has 27 heavy (non-hydrogen) atoms. The molecule has 0 spiro atoms. The minimum absolute atomic E-state index is 0.0798. The molecule has 0 radical (unpaired) electrons. The van der Waals surface area contributed by atoms with Crippen LogP contribution in [0.25, 0.3) is 5.65 Å². The lowest BCUT2D eigenvalue weighted by Crippen LogP contribution is -2.19. The van der Waals surface area contributed by atoms with Crippen molar-refractivity contribution in [3.05, 3.63) is 41.9 Å². The Morgan fingerprint density at radius 3 is 2.59 bits per heavy atom. The maximum atomic E-state index is 12.2. The van der Waals surface area contributed by atoms with E-state index in [1.165, 1.54) is 12.3 Å². The summed E-state index contributed by atoms with van der Waals surface area (Å²) in [5.74, 6) is 1.24. The van der Waals surface area contributed by atoms with Gasteiger partial charge in [0.2, 0.25) is 5.88 Å². The second-order valence-corrected chi connectivity index (χ2v) is 7.02. The van der Waals surface area contributed by atoms with E-state index in [4.69, 9.17) is 0 Å². The zero-order valence-electron chi connectivity index (χ0n) is 15.1.